The highest BCUT2D eigenvalue weighted by molar-refractivity contribution is 5.46. The first kappa shape index (κ1) is 8.12. The summed E-state index contributed by atoms with van der Waals surface area (Å²) in [7, 11) is 0. The molecule has 1 saturated carbocycles. The molecule has 1 aromatic carbocycles. The molecule has 1 aliphatic carbocycles. The van der Waals surface area contributed by atoms with E-state index in [1.165, 1.54) is 5.56 Å². The molecule has 1 aromatic rings. The summed E-state index contributed by atoms with van der Waals surface area (Å²) < 4.78 is 11.0. The van der Waals surface area contributed by atoms with Gasteiger partial charge in [0.25, 0.3) is 0 Å². The van der Waals surface area contributed by atoms with Gasteiger partial charge >= 0.3 is 0 Å². The summed E-state index contributed by atoms with van der Waals surface area (Å²) in [5.74, 6) is 2.26. The fourth-order valence-corrected chi connectivity index (χ4v) is 1.89. The molecule has 2 N–H and O–H groups in total. The summed E-state index contributed by atoms with van der Waals surface area (Å²) in [6.45, 7) is 1.29. The number of ether oxygens (including phenoxy) is 2. The SMILES string of the molecule is N[C@H]1C[C@@H]1c1ccc2c(c1)OCCO2. The van der Waals surface area contributed by atoms with Crippen molar-refractivity contribution < 1.29 is 9.47 Å². The zero-order valence-electron chi connectivity index (χ0n) is 7.90. The Hall–Kier alpha value is -1.22. The monoisotopic (exact) mass is 191 g/mol. The standard InChI is InChI=1S/C11H13NO2/c12-9-6-8(9)7-1-2-10-11(5-7)14-4-3-13-10/h1-2,5,8-9H,3-4,6,12H2/t8-,9+/m1/s1. The fourth-order valence-electron chi connectivity index (χ4n) is 1.89. The van der Waals surface area contributed by atoms with E-state index in [-0.39, 0.29) is 0 Å². The van der Waals surface area contributed by atoms with E-state index in [2.05, 4.69) is 12.1 Å². The Morgan fingerprint density at radius 2 is 1.86 bits per heavy atom. The molecule has 0 aromatic heterocycles. The average Bonchev–Trinajstić information content (AvgIpc) is 2.95. The van der Waals surface area contributed by atoms with Crippen molar-refractivity contribution in [2.45, 2.75) is 18.4 Å². The Bertz CT molecular complexity index is 364. The number of nitrogens with two attached hydrogens (primary N) is 1. The lowest BCUT2D eigenvalue weighted by atomic mass is 10.1. The number of hydrogen-bond acceptors (Lipinski definition) is 3. The topological polar surface area (TPSA) is 44.5 Å². The van der Waals surface area contributed by atoms with Crippen molar-refractivity contribution in [2.24, 2.45) is 5.73 Å². The Balaban J connectivity index is 1.93. The quantitative estimate of drug-likeness (QED) is 0.727. The van der Waals surface area contributed by atoms with Gasteiger partial charge in [0.1, 0.15) is 13.2 Å². The van der Waals surface area contributed by atoms with Crippen molar-refractivity contribution in [2.75, 3.05) is 13.2 Å². The molecule has 1 aliphatic heterocycles. The van der Waals surface area contributed by atoms with E-state index in [1.54, 1.807) is 0 Å². The van der Waals surface area contributed by atoms with E-state index in [0.717, 1.165) is 17.9 Å². The third-order valence-electron chi connectivity index (χ3n) is 2.83. The summed E-state index contributed by atoms with van der Waals surface area (Å²) in [5, 5.41) is 0. The normalized spacial score (nSPS) is 28.6. The molecule has 2 atom stereocenters. The lowest BCUT2D eigenvalue weighted by Crippen LogP contribution is -2.15. The first-order valence-corrected chi connectivity index (χ1v) is 5.00. The van der Waals surface area contributed by atoms with Crippen LogP contribution in [0.5, 0.6) is 11.5 Å². The first-order chi connectivity index (χ1) is 6.84. The first-order valence-electron chi connectivity index (χ1n) is 5.00. The molecular formula is C11H13NO2. The van der Waals surface area contributed by atoms with Crippen molar-refractivity contribution in [1.29, 1.82) is 0 Å². The molecule has 3 nitrogen and oxygen atoms in total. The molecule has 2 aliphatic rings. The summed E-state index contributed by atoms with van der Waals surface area (Å²) in [5.41, 5.74) is 7.08. The van der Waals surface area contributed by atoms with Gasteiger partial charge in [0.15, 0.2) is 11.5 Å². The predicted molar refractivity (Wildman–Crippen MR) is 52.8 cm³/mol. The van der Waals surface area contributed by atoms with Crippen LogP contribution in [0.15, 0.2) is 18.2 Å². The van der Waals surface area contributed by atoms with Gasteiger partial charge in [-0.3, -0.25) is 0 Å². The maximum atomic E-state index is 5.80. The van der Waals surface area contributed by atoms with E-state index in [9.17, 15) is 0 Å². The van der Waals surface area contributed by atoms with Crippen LogP contribution >= 0.6 is 0 Å². The van der Waals surface area contributed by atoms with Gasteiger partial charge in [-0.25, -0.2) is 0 Å². The van der Waals surface area contributed by atoms with Gasteiger partial charge in [-0.2, -0.15) is 0 Å². The maximum Gasteiger partial charge on any atom is 0.161 e. The molecule has 0 saturated heterocycles. The third-order valence-corrected chi connectivity index (χ3v) is 2.83. The predicted octanol–water partition coefficient (Wildman–Crippen LogP) is 1.27. The number of hydrogen-bond donors (Lipinski definition) is 1. The van der Waals surface area contributed by atoms with Crippen LogP contribution in [-0.4, -0.2) is 19.3 Å². The highest BCUT2D eigenvalue weighted by Gasteiger charge is 2.35. The molecule has 0 bridgehead atoms. The largest absolute Gasteiger partial charge is 0.486 e. The van der Waals surface area contributed by atoms with Gasteiger partial charge in [-0.1, -0.05) is 6.07 Å². The summed E-state index contributed by atoms with van der Waals surface area (Å²) in [4.78, 5) is 0. The van der Waals surface area contributed by atoms with E-state index in [0.29, 0.717) is 25.2 Å². The second-order valence-electron chi connectivity index (χ2n) is 3.91. The van der Waals surface area contributed by atoms with E-state index < -0.39 is 0 Å². The molecule has 0 spiro atoms. The fraction of sp³-hybridized carbons (Fsp3) is 0.455. The third kappa shape index (κ3) is 1.24. The Morgan fingerprint density at radius 3 is 2.57 bits per heavy atom. The molecule has 1 heterocycles. The molecule has 14 heavy (non-hydrogen) atoms. The smallest absolute Gasteiger partial charge is 0.161 e. The minimum absolute atomic E-state index is 0.345. The van der Waals surface area contributed by atoms with Gasteiger partial charge < -0.3 is 15.2 Å². The second kappa shape index (κ2) is 2.89. The van der Waals surface area contributed by atoms with Crippen LogP contribution in [-0.2, 0) is 0 Å². The average molecular weight is 191 g/mol. The number of rotatable bonds is 1. The Morgan fingerprint density at radius 1 is 1.14 bits per heavy atom. The highest BCUT2D eigenvalue weighted by atomic mass is 16.6. The summed E-state index contributed by atoms with van der Waals surface area (Å²) >= 11 is 0. The maximum absolute atomic E-state index is 5.80. The van der Waals surface area contributed by atoms with Crippen molar-refractivity contribution in [1.82, 2.24) is 0 Å². The van der Waals surface area contributed by atoms with Crippen molar-refractivity contribution in [3.63, 3.8) is 0 Å². The molecule has 0 radical (unpaired) electrons. The van der Waals surface area contributed by atoms with E-state index in [4.69, 9.17) is 15.2 Å². The molecule has 3 rings (SSSR count). The van der Waals surface area contributed by atoms with E-state index >= 15 is 0 Å². The summed E-state index contributed by atoms with van der Waals surface area (Å²) in [6.07, 6.45) is 1.10. The zero-order valence-corrected chi connectivity index (χ0v) is 7.90. The van der Waals surface area contributed by atoms with Crippen molar-refractivity contribution >= 4 is 0 Å². The van der Waals surface area contributed by atoms with Crippen molar-refractivity contribution in [3.8, 4) is 11.5 Å². The van der Waals surface area contributed by atoms with Crippen LogP contribution in [0.4, 0.5) is 0 Å². The van der Waals surface area contributed by atoms with E-state index in [1.807, 2.05) is 6.07 Å². The minimum atomic E-state index is 0.345. The molecule has 74 valence electrons. The second-order valence-corrected chi connectivity index (χ2v) is 3.91. The van der Waals surface area contributed by atoms with Crippen LogP contribution < -0.4 is 15.2 Å². The molecule has 0 amide bonds. The van der Waals surface area contributed by atoms with Crippen LogP contribution in [0.1, 0.15) is 17.9 Å². The minimum Gasteiger partial charge on any atom is -0.486 e. The Kier molecular flexibility index (Phi) is 1.67. The van der Waals surface area contributed by atoms with Gasteiger partial charge in [-0.15, -0.1) is 0 Å². The van der Waals surface area contributed by atoms with Gasteiger partial charge in [-0.05, 0) is 24.1 Å². The van der Waals surface area contributed by atoms with Crippen LogP contribution in [0, 0.1) is 0 Å². The van der Waals surface area contributed by atoms with Gasteiger partial charge in [0.2, 0.25) is 0 Å². The molecule has 1 fully saturated rings. The Labute approximate surface area is 82.8 Å². The number of fused-ring (bicyclic) bond motifs is 1. The molecule has 0 unspecified atom stereocenters. The summed E-state index contributed by atoms with van der Waals surface area (Å²) in [6, 6.07) is 6.48. The van der Waals surface area contributed by atoms with Crippen molar-refractivity contribution in [3.05, 3.63) is 23.8 Å². The lowest BCUT2D eigenvalue weighted by Gasteiger charge is -2.18. The van der Waals surface area contributed by atoms with Crippen LogP contribution in [0.2, 0.25) is 0 Å². The molecular weight excluding hydrogens is 178 g/mol. The van der Waals surface area contributed by atoms with Gasteiger partial charge in [0.05, 0.1) is 0 Å². The highest BCUT2D eigenvalue weighted by Crippen LogP contribution is 2.42. The molecule has 3 heteroatoms. The zero-order chi connectivity index (χ0) is 9.54. The van der Waals surface area contributed by atoms with Crippen LogP contribution in [0.25, 0.3) is 0 Å². The van der Waals surface area contributed by atoms with Crippen LogP contribution in [0.3, 0.4) is 0 Å². The lowest BCUT2D eigenvalue weighted by molar-refractivity contribution is 0.171. The number of benzene rings is 1. The van der Waals surface area contributed by atoms with Gasteiger partial charge in [0, 0.05) is 12.0 Å².